The summed E-state index contributed by atoms with van der Waals surface area (Å²) in [6, 6.07) is 0. The zero-order chi connectivity index (χ0) is 7.68. The van der Waals surface area contributed by atoms with Gasteiger partial charge >= 0.3 is 0 Å². The lowest BCUT2D eigenvalue weighted by atomic mass is 10.5. The van der Waals surface area contributed by atoms with Crippen LogP contribution in [0.25, 0.3) is 0 Å². The number of hydrogen-bond donors (Lipinski definition) is 1. The molecule has 58 valence electrons. The van der Waals surface area contributed by atoms with Gasteiger partial charge in [-0.05, 0) is 31.0 Å². The molecule has 2 rings (SSSR count). The highest BCUT2D eigenvalue weighted by Gasteiger charge is 2.18. The van der Waals surface area contributed by atoms with Crippen molar-refractivity contribution in [2.24, 2.45) is 11.0 Å². The van der Waals surface area contributed by atoms with E-state index in [1.807, 2.05) is 6.21 Å². The van der Waals surface area contributed by atoms with Gasteiger partial charge < -0.3 is 0 Å². The molecule has 1 aromatic rings. The Bertz CT molecular complexity index is 319. The van der Waals surface area contributed by atoms with Crippen molar-refractivity contribution in [1.82, 2.24) is 14.9 Å². The van der Waals surface area contributed by atoms with Crippen LogP contribution in [0.15, 0.2) is 11.4 Å². The minimum atomic E-state index is 0.543. The summed E-state index contributed by atoms with van der Waals surface area (Å²) in [5.41, 5.74) is 0. The fourth-order valence-electron chi connectivity index (χ4n) is 0.736. The Balaban J connectivity index is 2.16. The van der Waals surface area contributed by atoms with Gasteiger partial charge in [-0.3, -0.25) is 5.10 Å². The molecule has 1 saturated carbocycles. The van der Waals surface area contributed by atoms with Gasteiger partial charge in [0.2, 0.25) is 4.77 Å². The van der Waals surface area contributed by atoms with E-state index in [0.29, 0.717) is 10.7 Å². The lowest BCUT2D eigenvalue weighted by Gasteiger charge is -1.86. The van der Waals surface area contributed by atoms with Crippen molar-refractivity contribution >= 4 is 18.4 Å². The molecule has 0 spiro atoms. The van der Waals surface area contributed by atoms with Crippen molar-refractivity contribution in [3.8, 4) is 0 Å². The summed E-state index contributed by atoms with van der Waals surface area (Å²) in [6.07, 6.45) is 6.01. The molecule has 0 bridgehead atoms. The van der Waals surface area contributed by atoms with Gasteiger partial charge in [-0.2, -0.15) is 14.9 Å². The summed E-state index contributed by atoms with van der Waals surface area (Å²) in [5, 5.41) is 10.5. The summed E-state index contributed by atoms with van der Waals surface area (Å²) < 4.78 is 2.11. The SMILES string of the molecule is S=c1[nH]ncn1/N=C/C1CC1. The highest BCUT2D eigenvalue weighted by atomic mass is 32.1. The van der Waals surface area contributed by atoms with E-state index in [0.717, 1.165) is 0 Å². The van der Waals surface area contributed by atoms with Crippen molar-refractivity contribution in [2.75, 3.05) is 0 Å². The predicted molar refractivity (Wildman–Crippen MR) is 44.0 cm³/mol. The molecule has 0 aliphatic heterocycles. The van der Waals surface area contributed by atoms with Crippen LogP contribution in [0.2, 0.25) is 0 Å². The molecule has 1 aliphatic carbocycles. The van der Waals surface area contributed by atoms with E-state index in [9.17, 15) is 0 Å². The van der Waals surface area contributed by atoms with Crippen molar-refractivity contribution < 1.29 is 0 Å². The molecule has 0 atom stereocenters. The predicted octanol–water partition coefficient (Wildman–Crippen LogP) is 1.18. The second-order valence-electron chi connectivity index (χ2n) is 2.61. The van der Waals surface area contributed by atoms with Gasteiger partial charge in [0, 0.05) is 6.21 Å². The fourth-order valence-corrected chi connectivity index (χ4v) is 0.883. The first-order valence-electron chi connectivity index (χ1n) is 3.53. The molecule has 0 radical (unpaired) electrons. The molecule has 0 amide bonds. The molecular formula is C6H8N4S. The first-order chi connectivity index (χ1) is 5.36. The standard InChI is InChI=1S/C6H8N4S/c11-6-9-7-4-10(6)8-3-5-1-2-5/h3-5H,1-2H2,(H,9,11)/b8-3+. The largest absolute Gasteiger partial charge is 0.250 e. The molecule has 1 aromatic heterocycles. The average molecular weight is 168 g/mol. The lowest BCUT2D eigenvalue weighted by molar-refractivity contribution is 0.854. The molecule has 1 heterocycles. The maximum atomic E-state index is 4.89. The molecule has 1 N–H and O–H groups in total. The second-order valence-corrected chi connectivity index (χ2v) is 2.99. The van der Waals surface area contributed by atoms with Crippen LogP contribution in [0.1, 0.15) is 12.8 Å². The van der Waals surface area contributed by atoms with Gasteiger partial charge in [-0.15, -0.1) is 0 Å². The van der Waals surface area contributed by atoms with Crippen LogP contribution < -0.4 is 0 Å². The van der Waals surface area contributed by atoms with E-state index in [4.69, 9.17) is 12.2 Å². The molecule has 1 aliphatic rings. The van der Waals surface area contributed by atoms with Crippen LogP contribution in [0.3, 0.4) is 0 Å². The highest BCUT2D eigenvalue weighted by Crippen LogP contribution is 2.26. The summed E-state index contributed by atoms with van der Waals surface area (Å²) in [5.74, 6) is 0.673. The molecule has 0 unspecified atom stereocenters. The molecule has 11 heavy (non-hydrogen) atoms. The van der Waals surface area contributed by atoms with Crippen LogP contribution in [-0.4, -0.2) is 21.1 Å². The first-order valence-corrected chi connectivity index (χ1v) is 3.93. The van der Waals surface area contributed by atoms with Gasteiger partial charge in [0.1, 0.15) is 6.33 Å². The summed E-state index contributed by atoms with van der Waals surface area (Å²) in [4.78, 5) is 0. The Labute approximate surface area is 68.9 Å². The Morgan fingerprint density at radius 2 is 2.64 bits per heavy atom. The Hall–Kier alpha value is -0.970. The second kappa shape index (κ2) is 2.58. The van der Waals surface area contributed by atoms with E-state index >= 15 is 0 Å². The maximum Gasteiger partial charge on any atom is 0.216 e. The minimum absolute atomic E-state index is 0.543. The minimum Gasteiger partial charge on any atom is -0.250 e. The quantitative estimate of drug-likeness (QED) is 0.532. The van der Waals surface area contributed by atoms with Gasteiger partial charge in [0.25, 0.3) is 0 Å². The number of aromatic amines is 1. The molecule has 5 heteroatoms. The fraction of sp³-hybridized carbons (Fsp3) is 0.500. The van der Waals surface area contributed by atoms with Crippen molar-refractivity contribution in [2.45, 2.75) is 12.8 Å². The number of nitrogens with one attached hydrogen (secondary N) is 1. The molecule has 0 saturated heterocycles. The highest BCUT2D eigenvalue weighted by molar-refractivity contribution is 7.71. The number of nitrogens with zero attached hydrogens (tertiary/aromatic N) is 3. The van der Waals surface area contributed by atoms with Gasteiger partial charge in [0.05, 0.1) is 0 Å². The van der Waals surface area contributed by atoms with Gasteiger partial charge in [-0.25, -0.2) is 0 Å². The third kappa shape index (κ3) is 1.54. The van der Waals surface area contributed by atoms with Crippen molar-refractivity contribution in [1.29, 1.82) is 0 Å². The third-order valence-electron chi connectivity index (χ3n) is 1.56. The van der Waals surface area contributed by atoms with Gasteiger partial charge in [0.15, 0.2) is 0 Å². The Morgan fingerprint density at radius 1 is 1.82 bits per heavy atom. The van der Waals surface area contributed by atoms with Crippen LogP contribution in [-0.2, 0) is 0 Å². The van der Waals surface area contributed by atoms with Crippen LogP contribution in [0.4, 0.5) is 0 Å². The first kappa shape index (κ1) is 6.72. The number of aromatic nitrogens is 3. The summed E-state index contributed by atoms with van der Waals surface area (Å²) in [7, 11) is 0. The summed E-state index contributed by atoms with van der Waals surface area (Å²) >= 11 is 4.89. The van der Waals surface area contributed by atoms with E-state index in [-0.39, 0.29) is 0 Å². The zero-order valence-electron chi connectivity index (χ0n) is 5.90. The number of rotatable bonds is 2. The van der Waals surface area contributed by atoms with Crippen LogP contribution in [0.5, 0.6) is 0 Å². The zero-order valence-corrected chi connectivity index (χ0v) is 6.71. The Kier molecular flexibility index (Phi) is 1.58. The summed E-state index contributed by atoms with van der Waals surface area (Å²) in [6.45, 7) is 0. The molecule has 0 aromatic carbocycles. The smallest absolute Gasteiger partial charge is 0.216 e. The van der Waals surface area contributed by atoms with Crippen molar-refractivity contribution in [3.63, 3.8) is 0 Å². The average Bonchev–Trinajstić information content (AvgIpc) is 2.73. The lowest BCUT2D eigenvalue weighted by Crippen LogP contribution is -1.87. The molecule has 4 nitrogen and oxygen atoms in total. The molecule has 1 fully saturated rings. The molecular weight excluding hydrogens is 160 g/mol. The normalized spacial score (nSPS) is 17.8. The Morgan fingerprint density at radius 3 is 3.18 bits per heavy atom. The topological polar surface area (TPSA) is 46.0 Å². The van der Waals surface area contributed by atoms with Crippen LogP contribution >= 0.6 is 12.2 Å². The maximum absolute atomic E-state index is 4.89. The monoisotopic (exact) mass is 168 g/mol. The van der Waals surface area contributed by atoms with Gasteiger partial charge in [-0.1, -0.05) is 0 Å². The number of H-pyrrole nitrogens is 1. The number of hydrogen-bond acceptors (Lipinski definition) is 3. The van der Waals surface area contributed by atoms with E-state index in [2.05, 4.69) is 15.3 Å². The van der Waals surface area contributed by atoms with E-state index in [1.165, 1.54) is 12.8 Å². The van der Waals surface area contributed by atoms with E-state index < -0.39 is 0 Å². The van der Waals surface area contributed by atoms with E-state index in [1.54, 1.807) is 11.0 Å². The van der Waals surface area contributed by atoms with Crippen molar-refractivity contribution in [3.05, 3.63) is 11.1 Å². The van der Waals surface area contributed by atoms with Crippen LogP contribution in [0, 0.1) is 10.7 Å². The third-order valence-corrected chi connectivity index (χ3v) is 1.84.